The first-order chi connectivity index (χ1) is 12.3. The summed E-state index contributed by atoms with van der Waals surface area (Å²) in [5, 5.41) is 5.98. The van der Waals surface area contributed by atoms with E-state index in [9.17, 15) is 9.59 Å². The van der Waals surface area contributed by atoms with E-state index in [4.69, 9.17) is 4.74 Å². The number of nitrogens with one attached hydrogen (secondary N) is 2. The van der Waals surface area contributed by atoms with Crippen LogP contribution in [0.2, 0.25) is 0 Å². The quantitative estimate of drug-likeness (QED) is 0.520. The third-order valence-electron chi connectivity index (χ3n) is 5.04. The topological polar surface area (TPSA) is 67.4 Å². The Morgan fingerprint density at radius 1 is 1.08 bits per heavy atom. The molecular formula is C21H32N2O3. The summed E-state index contributed by atoms with van der Waals surface area (Å²) in [6.45, 7) is 9.59. The van der Waals surface area contributed by atoms with Crippen LogP contribution in [0.25, 0.3) is 0 Å². The van der Waals surface area contributed by atoms with E-state index in [0.29, 0.717) is 37.8 Å². The number of carbonyl (C=O) groups excluding carboxylic acids is 2. The number of methoxy groups -OCH3 is 1. The monoisotopic (exact) mass is 360 g/mol. The van der Waals surface area contributed by atoms with Gasteiger partial charge in [-0.05, 0) is 42.2 Å². The molecule has 0 bridgehead atoms. The lowest BCUT2D eigenvalue weighted by Gasteiger charge is -2.22. The third kappa shape index (κ3) is 4.44. The molecule has 1 aromatic carbocycles. The summed E-state index contributed by atoms with van der Waals surface area (Å²) in [6.07, 6.45) is 1.96. The minimum Gasteiger partial charge on any atom is -0.385 e. The van der Waals surface area contributed by atoms with Gasteiger partial charge in [0.25, 0.3) is 0 Å². The molecule has 2 amide bonds. The van der Waals surface area contributed by atoms with Gasteiger partial charge < -0.3 is 15.4 Å². The van der Waals surface area contributed by atoms with Crippen LogP contribution in [0.5, 0.6) is 0 Å². The predicted molar refractivity (Wildman–Crippen MR) is 104 cm³/mol. The van der Waals surface area contributed by atoms with Crippen molar-refractivity contribution in [3.63, 3.8) is 0 Å². The molecular weight excluding hydrogens is 328 g/mol. The normalized spacial score (nSPS) is 15.2. The zero-order valence-corrected chi connectivity index (χ0v) is 16.6. The summed E-state index contributed by atoms with van der Waals surface area (Å²) in [4.78, 5) is 25.5. The van der Waals surface area contributed by atoms with Crippen molar-refractivity contribution in [2.75, 3.05) is 25.6 Å². The van der Waals surface area contributed by atoms with E-state index in [-0.39, 0.29) is 11.8 Å². The Morgan fingerprint density at radius 3 is 2.12 bits per heavy atom. The van der Waals surface area contributed by atoms with Crippen molar-refractivity contribution < 1.29 is 14.3 Å². The lowest BCUT2D eigenvalue weighted by Crippen LogP contribution is -2.40. The van der Waals surface area contributed by atoms with Gasteiger partial charge in [0.2, 0.25) is 11.8 Å². The molecule has 1 aliphatic rings. The van der Waals surface area contributed by atoms with Crippen LogP contribution in [0, 0.1) is 5.41 Å². The molecule has 0 spiro atoms. The van der Waals surface area contributed by atoms with Crippen molar-refractivity contribution >= 4 is 17.5 Å². The second-order valence-electron chi connectivity index (χ2n) is 7.76. The zero-order chi connectivity index (χ0) is 19.3. The van der Waals surface area contributed by atoms with Crippen LogP contribution in [0.15, 0.2) is 18.2 Å². The van der Waals surface area contributed by atoms with E-state index < -0.39 is 5.41 Å². The van der Waals surface area contributed by atoms with Gasteiger partial charge in [-0.1, -0.05) is 45.9 Å². The van der Waals surface area contributed by atoms with Crippen LogP contribution in [-0.4, -0.2) is 32.1 Å². The summed E-state index contributed by atoms with van der Waals surface area (Å²) < 4.78 is 4.99. The molecule has 1 aromatic rings. The number of hydrogen-bond donors (Lipinski definition) is 2. The number of para-hydroxylation sites is 1. The predicted octanol–water partition coefficient (Wildman–Crippen LogP) is 3.80. The minimum atomic E-state index is -0.911. The Bertz CT molecular complexity index is 622. The third-order valence-corrected chi connectivity index (χ3v) is 5.04. The molecule has 0 aromatic heterocycles. The number of benzene rings is 1. The summed E-state index contributed by atoms with van der Waals surface area (Å²) in [7, 11) is 1.64. The SMILES string of the molecule is COCCCNC(=O)C1(C(=O)Nc2c(C(C)C)cccc2C(C)C)CC1. The fourth-order valence-corrected chi connectivity index (χ4v) is 3.20. The maximum Gasteiger partial charge on any atom is 0.240 e. The van der Waals surface area contributed by atoms with Crippen LogP contribution in [0.1, 0.15) is 69.9 Å². The fraction of sp³-hybridized carbons (Fsp3) is 0.619. The fourth-order valence-electron chi connectivity index (χ4n) is 3.20. The molecule has 144 valence electrons. The van der Waals surface area contributed by atoms with E-state index in [1.54, 1.807) is 7.11 Å². The van der Waals surface area contributed by atoms with Crippen molar-refractivity contribution in [1.29, 1.82) is 0 Å². The largest absolute Gasteiger partial charge is 0.385 e. The second kappa shape index (κ2) is 8.67. The van der Waals surface area contributed by atoms with Crippen LogP contribution in [0.4, 0.5) is 5.69 Å². The van der Waals surface area contributed by atoms with Crippen molar-refractivity contribution in [3.8, 4) is 0 Å². The molecule has 5 nitrogen and oxygen atoms in total. The summed E-state index contributed by atoms with van der Waals surface area (Å²) >= 11 is 0. The van der Waals surface area contributed by atoms with Gasteiger partial charge in [-0.2, -0.15) is 0 Å². The highest BCUT2D eigenvalue weighted by molar-refractivity contribution is 6.13. The lowest BCUT2D eigenvalue weighted by molar-refractivity contribution is -0.134. The van der Waals surface area contributed by atoms with Crippen molar-refractivity contribution in [1.82, 2.24) is 5.32 Å². The molecule has 2 N–H and O–H groups in total. The molecule has 0 aliphatic heterocycles. The van der Waals surface area contributed by atoms with Crippen molar-refractivity contribution in [2.24, 2.45) is 5.41 Å². The number of amides is 2. The Balaban J connectivity index is 2.15. The standard InChI is InChI=1S/C21H32N2O3/c1-14(2)16-8-6-9-17(15(3)4)18(16)23-20(25)21(10-11-21)19(24)22-12-7-13-26-5/h6,8-9,14-15H,7,10-13H2,1-5H3,(H,22,24)(H,23,25). The van der Waals surface area contributed by atoms with Crippen LogP contribution in [0.3, 0.4) is 0 Å². The number of anilines is 1. The van der Waals surface area contributed by atoms with Crippen LogP contribution < -0.4 is 10.6 Å². The molecule has 0 unspecified atom stereocenters. The Kier molecular flexibility index (Phi) is 6.81. The van der Waals surface area contributed by atoms with E-state index in [2.05, 4.69) is 50.5 Å². The first-order valence-corrected chi connectivity index (χ1v) is 9.55. The number of hydrogen-bond acceptors (Lipinski definition) is 3. The van der Waals surface area contributed by atoms with Gasteiger partial charge in [-0.25, -0.2) is 0 Å². The Morgan fingerprint density at radius 2 is 1.65 bits per heavy atom. The van der Waals surface area contributed by atoms with Gasteiger partial charge in [0.05, 0.1) is 0 Å². The van der Waals surface area contributed by atoms with Gasteiger partial charge in [0.1, 0.15) is 5.41 Å². The highest BCUT2D eigenvalue weighted by Gasteiger charge is 2.56. The second-order valence-corrected chi connectivity index (χ2v) is 7.76. The minimum absolute atomic E-state index is 0.167. The lowest BCUT2D eigenvalue weighted by atomic mass is 9.92. The molecule has 2 rings (SSSR count). The highest BCUT2D eigenvalue weighted by atomic mass is 16.5. The molecule has 0 saturated heterocycles. The Hall–Kier alpha value is -1.88. The molecule has 0 heterocycles. The van der Waals surface area contributed by atoms with E-state index in [1.807, 2.05) is 6.07 Å². The number of ether oxygens (including phenoxy) is 1. The molecule has 5 heteroatoms. The first kappa shape index (κ1) is 20.4. The maximum absolute atomic E-state index is 13.0. The van der Waals surface area contributed by atoms with Crippen molar-refractivity contribution in [2.45, 2.75) is 58.8 Å². The van der Waals surface area contributed by atoms with E-state index in [1.165, 1.54) is 0 Å². The molecule has 0 radical (unpaired) electrons. The summed E-state index contributed by atoms with van der Waals surface area (Å²) in [5.74, 6) is 0.236. The molecule has 0 atom stereocenters. The van der Waals surface area contributed by atoms with E-state index >= 15 is 0 Å². The Labute approximate surface area is 156 Å². The molecule has 1 aliphatic carbocycles. The smallest absolute Gasteiger partial charge is 0.240 e. The van der Waals surface area contributed by atoms with Gasteiger partial charge in [0, 0.05) is 25.9 Å². The summed E-state index contributed by atoms with van der Waals surface area (Å²) in [5.41, 5.74) is 2.19. The highest BCUT2D eigenvalue weighted by Crippen LogP contribution is 2.47. The van der Waals surface area contributed by atoms with Gasteiger partial charge in [-0.15, -0.1) is 0 Å². The first-order valence-electron chi connectivity index (χ1n) is 9.55. The molecule has 1 saturated carbocycles. The van der Waals surface area contributed by atoms with Crippen LogP contribution >= 0.6 is 0 Å². The average molecular weight is 360 g/mol. The number of rotatable bonds is 9. The van der Waals surface area contributed by atoms with Gasteiger partial charge in [0.15, 0.2) is 0 Å². The van der Waals surface area contributed by atoms with Gasteiger partial charge in [-0.3, -0.25) is 9.59 Å². The average Bonchev–Trinajstić information content (AvgIpc) is 3.40. The van der Waals surface area contributed by atoms with Crippen LogP contribution in [-0.2, 0) is 14.3 Å². The van der Waals surface area contributed by atoms with Crippen molar-refractivity contribution in [3.05, 3.63) is 29.3 Å². The maximum atomic E-state index is 13.0. The molecule has 26 heavy (non-hydrogen) atoms. The van der Waals surface area contributed by atoms with Gasteiger partial charge >= 0.3 is 0 Å². The molecule has 1 fully saturated rings. The summed E-state index contributed by atoms with van der Waals surface area (Å²) in [6, 6.07) is 6.14. The van der Waals surface area contributed by atoms with E-state index in [0.717, 1.165) is 23.2 Å². The zero-order valence-electron chi connectivity index (χ0n) is 16.6. The number of carbonyl (C=O) groups is 2.